The molecule has 1 aromatic carbocycles. The van der Waals surface area contributed by atoms with Crippen LogP contribution in [-0.4, -0.2) is 32.6 Å². The van der Waals surface area contributed by atoms with Crippen molar-refractivity contribution in [2.75, 3.05) is 27.7 Å². The predicted molar refractivity (Wildman–Crippen MR) is 81.7 cm³/mol. The minimum atomic E-state index is 0. The molecule has 102 valence electrons. The first-order chi connectivity index (χ1) is 8.08. The van der Waals surface area contributed by atoms with Crippen LogP contribution in [0.25, 0.3) is 5.57 Å². The van der Waals surface area contributed by atoms with E-state index in [2.05, 4.69) is 45.0 Å². The van der Waals surface area contributed by atoms with Gasteiger partial charge in [-0.1, -0.05) is 24.6 Å². The van der Waals surface area contributed by atoms with Crippen LogP contribution >= 0.6 is 12.4 Å². The summed E-state index contributed by atoms with van der Waals surface area (Å²) in [5, 5.41) is 0. The number of allylic oxidation sites excluding steroid dienone is 1. The van der Waals surface area contributed by atoms with E-state index in [1.165, 1.54) is 16.7 Å². The second-order valence-electron chi connectivity index (χ2n) is 4.58. The third-order valence-corrected chi connectivity index (χ3v) is 2.84. The molecule has 1 aromatic rings. The molecule has 1 rings (SSSR count). The maximum absolute atomic E-state index is 5.28. The van der Waals surface area contributed by atoms with Gasteiger partial charge in [-0.3, -0.25) is 0 Å². The van der Waals surface area contributed by atoms with E-state index >= 15 is 0 Å². The Morgan fingerprint density at radius 1 is 1.28 bits per heavy atom. The fourth-order valence-corrected chi connectivity index (χ4v) is 2.13. The van der Waals surface area contributed by atoms with Crippen molar-refractivity contribution in [2.24, 2.45) is 0 Å². The van der Waals surface area contributed by atoms with E-state index in [0.29, 0.717) is 0 Å². The summed E-state index contributed by atoms with van der Waals surface area (Å²) >= 11 is 0. The molecule has 0 heterocycles. The molecule has 3 heteroatoms. The number of rotatable bonds is 5. The van der Waals surface area contributed by atoms with Gasteiger partial charge in [0.05, 0.1) is 7.11 Å². The number of hydrogen-bond acceptors (Lipinski definition) is 2. The van der Waals surface area contributed by atoms with Gasteiger partial charge in [-0.15, -0.1) is 12.4 Å². The molecular formula is C15H24ClNO. The van der Waals surface area contributed by atoms with Gasteiger partial charge in [0.2, 0.25) is 0 Å². The Morgan fingerprint density at radius 3 is 2.44 bits per heavy atom. The number of ether oxygens (including phenoxy) is 1. The lowest BCUT2D eigenvalue weighted by Crippen LogP contribution is -2.14. The zero-order chi connectivity index (χ0) is 12.8. The zero-order valence-corrected chi connectivity index (χ0v) is 12.8. The Labute approximate surface area is 117 Å². The Balaban J connectivity index is 0.00000289. The summed E-state index contributed by atoms with van der Waals surface area (Å²) in [4.78, 5) is 2.20. The van der Waals surface area contributed by atoms with Crippen LogP contribution in [0.5, 0.6) is 5.75 Å². The summed E-state index contributed by atoms with van der Waals surface area (Å²) in [6.45, 7) is 5.41. The third-order valence-electron chi connectivity index (χ3n) is 2.84. The van der Waals surface area contributed by atoms with E-state index in [9.17, 15) is 0 Å². The second kappa shape index (κ2) is 8.17. The molecule has 0 saturated heterocycles. The molecule has 0 radical (unpaired) electrons. The molecule has 0 fully saturated rings. The van der Waals surface area contributed by atoms with Gasteiger partial charge in [-0.05, 0) is 50.7 Å². The normalized spacial score (nSPS) is 11.9. The largest absolute Gasteiger partial charge is 0.497 e. The average molecular weight is 270 g/mol. The topological polar surface area (TPSA) is 12.5 Å². The summed E-state index contributed by atoms with van der Waals surface area (Å²) in [5.41, 5.74) is 4.11. The molecule has 0 saturated carbocycles. The van der Waals surface area contributed by atoms with Crippen LogP contribution in [0, 0.1) is 0 Å². The first kappa shape index (κ1) is 17.0. The van der Waals surface area contributed by atoms with Crippen LogP contribution in [0.3, 0.4) is 0 Å². The van der Waals surface area contributed by atoms with E-state index in [0.717, 1.165) is 18.7 Å². The van der Waals surface area contributed by atoms with E-state index in [1.807, 2.05) is 12.1 Å². The summed E-state index contributed by atoms with van der Waals surface area (Å²) in [5.74, 6) is 0.922. The number of halogens is 1. The number of methoxy groups -OCH3 is 1. The van der Waals surface area contributed by atoms with Crippen LogP contribution in [0.15, 0.2) is 29.8 Å². The minimum Gasteiger partial charge on any atom is -0.497 e. The lowest BCUT2D eigenvalue weighted by Gasteiger charge is -2.15. The highest BCUT2D eigenvalue weighted by molar-refractivity contribution is 5.85. The van der Waals surface area contributed by atoms with Crippen molar-refractivity contribution in [3.63, 3.8) is 0 Å². The van der Waals surface area contributed by atoms with Crippen molar-refractivity contribution in [1.82, 2.24) is 4.90 Å². The fraction of sp³-hybridized carbons (Fsp3) is 0.467. The quantitative estimate of drug-likeness (QED) is 0.805. The molecule has 0 aliphatic rings. The van der Waals surface area contributed by atoms with E-state index < -0.39 is 0 Å². The summed E-state index contributed by atoms with van der Waals surface area (Å²) < 4.78 is 5.28. The smallest absolute Gasteiger partial charge is 0.119 e. The van der Waals surface area contributed by atoms with Crippen LogP contribution in [-0.2, 0) is 0 Å². The zero-order valence-electron chi connectivity index (χ0n) is 12.0. The van der Waals surface area contributed by atoms with Gasteiger partial charge in [-0.2, -0.15) is 0 Å². The maximum Gasteiger partial charge on any atom is 0.119 e. The summed E-state index contributed by atoms with van der Waals surface area (Å²) in [7, 11) is 5.91. The first-order valence-corrected chi connectivity index (χ1v) is 6.06. The molecule has 0 unspecified atom stereocenters. The van der Waals surface area contributed by atoms with Gasteiger partial charge < -0.3 is 9.64 Å². The molecule has 0 aliphatic heterocycles. The van der Waals surface area contributed by atoms with Gasteiger partial charge >= 0.3 is 0 Å². The average Bonchev–Trinajstić information content (AvgIpc) is 2.29. The van der Waals surface area contributed by atoms with Crippen LogP contribution in [0.1, 0.15) is 25.8 Å². The fourth-order valence-electron chi connectivity index (χ4n) is 2.13. The molecule has 0 spiro atoms. The number of benzene rings is 1. The van der Waals surface area contributed by atoms with Crippen LogP contribution in [0.4, 0.5) is 0 Å². The minimum absolute atomic E-state index is 0. The van der Waals surface area contributed by atoms with E-state index in [1.54, 1.807) is 7.11 Å². The summed E-state index contributed by atoms with van der Waals surface area (Å²) in [6.07, 6.45) is 1.05. The highest BCUT2D eigenvalue weighted by Crippen LogP contribution is 2.25. The second-order valence-corrected chi connectivity index (χ2v) is 4.58. The van der Waals surface area contributed by atoms with Crippen LogP contribution in [0.2, 0.25) is 0 Å². The Bertz CT molecular complexity index is 399. The molecule has 0 bridgehead atoms. The number of likely N-dealkylation sites (N-methyl/N-ethyl adjacent to an activating group) is 1. The molecular weight excluding hydrogens is 246 g/mol. The molecule has 2 nitrogen and oxygen atoms in total. The number of nitrogens with zero attached hydrogens (tertiary/aromatic N) is 1. The standard InChI is InChI=1S/C15H23NO.ClH/c1-6-15(12(2)11-16(3)4)13-8-7-9-14(10-13)17-5;/h7-10H,6,11H2,1-5H3;1H/b15-12+;. The predicted octanol–water partition coefficient (Wildman–Crippen LogP) is 3.86. The Kier molecular flexibility index (Phi) is 7.72. The first-order valence-electron chi connectivity index (χ1n) is 6.06. The van der Waals surface area contributed by atoms with Crippen molar-refractivity contribution in [1.29, 1.82) is 0 Å². The Morgan fingerprint density at radius 2 is 1.94 bits per heavy atom. The molecule has 0 atom stereocenters. The van der Waals surface area contributed by atoms with Crippen LogP contribution < -0.4 is 4.74 Å². The van der Waals surface area contributed by atoms with Crippen molar-refractivity contribution >= 4 is 18.0 Å². The third kappa shape index (κ3) is 4.71. The van der Waals surface area contributed by atoms with Gasteiger partial charge in [0, 0.05) is 6.54 Å². The highest BCUT2D eigenvalue weighted by Gasteiger charge is 2.06. The van der Waals surface area contributed by atoms with Gasteiger partial charge in [0.15, 0.2) is 0 Å². The molecule has 18 heavy (non-hydrogen) atoms. The molecule has 0 amide bonds. The van der Waals surface area contributed by atoms with Gasteiger partial charge in [-0.25, -0.2) is 0 Å². The maximum atomic E-state index is 5.28. The SMILES string of the molecule is CC/C(=C(/C)CN(C)C)c1cccc(OC)c1.Cl. The molecule has 0 N–H and O–H groups in total. The molecule has 0 aromatic heterocycles. The van der Waals surface area contributed by atoms with E-state index in [-0.39, 0.29) is 12.4 Å². The van der Waals surface area contributed by atoms with E-state index in [4.69, 9.17) is 4.74 Å². The molecule has 0 aliphatic carbocycles. The lowest BCUT2D eigenvalue weighted by atomic mass is 9.98. The van der Waals surface area contributed by atoms with Gasteiger partial charge in [0.1, 0.15) is 5.75 Å². The number of hydrogen-bond donors (Lipinski definition) is 0. The monoisotopic (exact) mass is 269 g/mol. The van der Waals surface area contributed by atoms with Crippen molar-refractivity contribution in [2.45, 2.75) is 20.3 Å². The van der Waals surface area contributed by atoms with Gasteiger partial charge in [0.25, 0.3) is 0 Å². The lowest BCUT2D eigenvalue weighted by molar-refractivity contribution is 0.414. The summed E-state index contributed by atoms with van der Waals surface area (Å²) in [6, 6.07) is 8.29. The van der Waals surface area contributed by atoms with Crippen molar-refractivity contribution in [3.8, 4) is 5.75 Å². The Hall–Kier alpha value is -0.990. The van der Waals surface area contributed by atoms with Crippen molar-refractivity contribution in [3.05, 3.63) is 35.4 Å². The highest BCUT2D eigenvalue weighted by atomic mass is 35.5. The van der Waals surface area contributed by atoms with Crippen molar-refractivity contribution < 1.29 is 4.74 Å².